The fourth-order valence-corrected chi connectivity index (χ4v) is 2.43. The largest absolute Gasteiger partial charge is 0.508 e. The predicted molar refractivity (Wildman–Crippen MR) is 75.1 cm³/mol. The number of para-hydroxylation sites is 1. The third kappa shape index (κ3) is 4.56. The van der Waals surface area contributed by atoms with E-state index in [0.29, 0.717) is 12.1 Å². The minimum Gasteiger partial charge on any atom is -0.508 e. The van der Waals surface area contributed by atoms with Crippen molar-refractivity contribution >= 4 is 5.91 Å². The Labute approximate surface area is 114 Å². The first kappa shape index (κ1) is 13.9. The second kappa shape index (κ2) is 7.14. The Balaban J connectivity index is 1.68. The summed E-state index contributed by atoms with van der Waals surface area (Å²) in [6.07, 6.45) is 4.11. The van der Waals surface area contributed by atoms with Crippen molar-refractivity contribution in [1.29, 1.82) is 0 Å². The molecule has 0 saturated carbocycles. The second-order valence-corrected chi connectivity index (χ2v) is 5.06. The molecule has 1 heterocycles. The zero-order valence-electron chi connectivity index (χ0n) is 11.3. The molecule has 19 heavy (non-hydrogen) atoms. The molecule has 0 aromatic heterocycles. The highest BCUT2D eigenvalue weighted by Crippen LogP contribution is 2.15. The Morgan fingerprint density at radius 1 is 1.21 bits per heavy atom. The van der Waals surface area contributed by atoms with Gasteiger partial charge in [-0.15, -0.1) is 0 Å². The number of phenolic OH excluding ortho intramolecular Hbond substituents is 1. The number of phenols is 1. The lowest BCUT2D eigenvalue weighted by Crippen LogP contribution is -2.38. The Morgan fingerprint density at radius 2 is 1.95 bits per heavy atom. The summed E-state index contributed by atoms with van der Waals surface area (Å²) >= 11 is 0. The maximum atomic E-state index is 11.8. The normalized spacial score (nSPS) is 16.2. The van der Waals surface area contributed by atoms with Crippen molar-refractivity contribution in [3.05, 3.63) is 29.8 Å². The number of hydrogen-bond acceptors (Lipinski definition) is 3. The number of benzene rings is 1. The molecule has 2 rings (SSSR count). The predicted octanol–water partition coefficient (Wildman–Crippen LogP) is 1.54. The van der Waals surface area contributed by atoms with Crippen LogP contribution in [0, 0.1) is 0 Å². The maximum absolute atomic E-state index is 11.8. The molecule has 1 aromatic rings. The van der Waals surface area contributed by atoms with E-state index in [-0.39, 0.29) is 18.1 Å². The number of likely N-dealkylation sites (tertiary alicyclic amines) is 1. The van der Waals surface area contributed by atoms with Crippen molar-refractivity contribution in [3.63, 3.8) is 0 Å². The summed E-state index contributed by atoms with van der Waals surface area (Å²) < 4.78 is 0. The van der Waals surface area contributed by atoms with Gasteiger partial charge in [0.05, 0.1) is 6.42 Å². The molecular formula is C15H22N2O2. The van der Waals surface area contributed by atoms with E-state index < -0.39 is 0 Å². The van der Waals surface area contributed by atoms with Crippen LogP contribution in [-0.2, 0) is 11.2 Å². The van der Waals surface area contributed by atoms with Crippen LogP contribution >= 0.6 is 0 Å². The molecule has 1 amide bonds. The summed E-state index contributed by atoms with van der Waals surface area (Å²) in [6, 6.07) is 6.97. The molecule has 0 unspecified atom stereocenters. The van der Waals surface area contributed by atoms with Crippen LogP contribution < -0.4 is 5.32 Å². The van der Waals surface area contributed by atoms with E-state index in [1.807, 2.05) is 6.07 Å². The highest BCUT2D eigenvalue weighted by atomic mass is 16.3. The van der Waals surface area contributed by atoms with E-state index in [1.54, 1.807) is 18.2 Å². The molecule has 0 radical (unpaired) electrons. The van der Waals surface area contributed by atoms with E-state index in [0.717, 1.165) is 19.6 Å². The van der Waals surface area contributed by atoms with Crippen molar-refractivity contribution in [1.82, 2.24) is 10.2 Å². The molecule has 1 saturated heterocycles. The molecule has 1 aliphatic rings. The van der Waals surface area contributed by atoms with Gasteiger partial charge in [0, 0.05) is 18.7 Å². The smallest absolute Gasteiger partial charge is 0.224 e. The summed E-state index contributed by atoms with van der Waals surface area (Å²) in [4.78, 5) is 14.2. The molecule has 0 bridgehead atoms. The third-order valence-corrected chi connectivity index (χ3v) is 3.54. The average molecular weight is 262 g/mol. The third-order valence-electron chi connectivity index (χ3n) is 3.54. The summed E-state index contributed by atoms with van der Waals surface area (Å²) in [7, 11) is 0. The van der Waals surface area contributed by atoms with Crippen LogP contribution in [0.15, 0.2) is 24.3 Å². The van der Waals surface area contributed by atoms with Crippen molar-refractivity contribution in [3.8, 4) is 5.75 Å². The molecular weight excluding hydrogens is 240 g/mol. The number of carbonyl (C=O) groups excluding carboxylic acids is 1. The minimum atomic E-state index is -0.0292. The molecule has 104 valence electrons. The van der Waals surface area contributed by atoms with Crippen LogP contribution in [-0.4, -0.2) is 42.1 Å². The Kier molecular flexibility index (Phi) is 5.21. The van der Waals surface area contributed by atoms with Gasteiger partial charge in [0.2, 0.25) is 5.91 Å². The van der Waals surface area contributed by atoms with Crippen molar-refractivity contribution < 1.29 is 9.90 Å². The number of nitrogens with one attached hydrogen (secondary N) is 1. The lowest BCUT2D eigenvalue weighted by atomic mass is 10.1. The summed E-state index contributed by atoms with van der Waals surface area (Å²) in [5.41, 5.74) is 0.679. The van der Waals surface area contributed by atoms with Gasteiger partial charge in [-0.3, -0.25) is 4.79 Å². The molecule has 1 aliphatic heterocycles. The number of nitrogens with zero attached hydrogens (tertiary/aromatic N) is 1. The number of carbonyl (C=O) groups is 1. The van der Waals surface area contributed by atoms with Gasteiger partial charge in [-0.25, -0.2) is 0 Å². The van der Waals surface area contributed by atoms with Gasteiger partial charge in [0.15, 0.2) is 0 Å². The number of piperidine rings is 1. The van der Waals surface area contributed by atoms with Crippen LogP contribution in [0.1, 0.15) is 24.8 Å². The van der Waals surface area contributed by atoms with E-state index in [1.165, 1.54) is 19.3 Å². The standard InChI is InChI=1S/C15H22N2O2/c18-14-7-3-2-6-13(14)12-15(19)16-8-11-17-9-4-1-5-10-17/h2-3,6-7,18H,1,4-5,8-12H2,(H,16,19). The van der Waals surface area contributed by atoms with Gasteiger partial charge in [0.1, 0.15) is 5.75 Å². The molecule has 2 N–H and O–H groups in total. The molecule has 1 aromatic carbocycles. The van der Waals surface area contributed by atoms with Crippen LogP contribution in [0.4, 0.5) is 0 Å². The molecule has 1 fully saturated rings. The van der Waals surface area contributed by atoms with E-state index >= 15 is 0 Å². The van der Waals surface area contributed by atoms with E-state index in [4.69, 9.17) is 0 Å². The first-order chi connectivity index (χ1) is 9.25. The number of hydrogen-bond donors (Lipinski definition) is 2. The number of amides is 1. The maximum Gasteiger partial charge on any atom is 0.224 e. The van der Waals surface area contributed by atoms with Gasteiger partial charge < -0.3 is 15.3 Å². The van der Waals surface area contributed by atoms with Crippen LogP contribution in [0.3, 0.4) is 0 Å². The highest BCUT2D eigenvalue weighted by Gasteiger charge is 2.10. The number of aromatic hydroxyl groups is 1. The van der Waals surface area contributed by atoms with Crippen LogP contribution in [0.5, 0.6) is 5.75 Å². The Hall–Kier alpha value is -1.55. The lowest BCUT2D eigenvalue weighted by Gasteiger charge is -2.26. The first-order valence-electron chi connectivity index (χ1n) is 7.01. The topological polar surface area (TPSA) is 52.6 Å². The Morgan fingerprint density at radius 3 is 2.68 bits per heavy atom. The lowest BCUT2D eigenvalue weighted by molar-refractivity contribution is -0.120. The van der Waals surface area contributed by atoms with Gasteiger partial charge in [-0.2, -0.15) is 0 Å². The van der Waals surface area contributed by atoms with Crippen LogP contribution in [0.25, 0.3) is 0 Å². The SMILES string of the molecule is O=C(Cc1ccccc1O)NCCN1CCCCC1. The van der Waals surface area contributed by atoms with Crippen LogP contribution in [0.2, 0.25) is 0 Å². The zero-order chi connectivity index (χ0) is 13.5. The first-order valence-corrected chi connectivity index (χ1v) is 7.01. The molecule has 4 nitrogen and oxygen atoms in total. The number of rotatable bonds is 5. The highest BCUT2D eigenvalue weighted by molar-refractivity contribution is 5.79. The van der Waals surface area contributed by atoms with Crippen molar-refractivity contribution in [2.75, 3.05) is 26.2 Å². The second-order valence-electron chi connectivity index (χ2n) is 5.06. The molecule has 0 spiro atoms. The van der Waals surface area contributed by atoms with Crippen molar-refractivity contribution in [2.45, 2.75) is 25.7 Å². The van der Waals surface area contributed by atoms with Gasteiger partial charge in [0.25, 0.3) is 0 Å². The Bertz CT molecular complexity index is 414. The fraction of sp³-hybridized carbons (Fsp3) is 0.533. The van der Waals surface area contributed by atoms with Gasteiger partial charge in [-0.1, -0.05) is 24.6 Å². The minimum absolute atomic E-state index is 0.0292. The molecule has 0 aliphatic carbocycles. The quantitative estimate of drug-likeness (QED) is 0.846. The van der Waals surface area contributed by atoms with Gasteiger partial charge in [-0.05, 0) is 32.0 Å². The molecule has 0 atom stereocenters. The zero-order valence-corrected chi connectivity index (χ0v) is 11.3. The average Bonchev–Trinajstić information content (AvgIpc) is 2.43. The monoisotopic (exact) mass is 262 g/mol. The van der Waals surface area contributed by atoms with E-state index in [2.05, 4.69) is 10.2 Å². The summed E-state index contributed by atoms with van der Waals surface area (Å²) in [5, 5.41) is 12.5. The van der Waals surface area contributed by atoms with Gasteiger partial charge >= 0.3 is 0 Å². The summed E-state index contributed by atoms with van der Waals surface area (Å²) in [6.45, 7) is 3.91. The van der Waals surface area contributed by atoms with Crippen molar-refractivity contribution in [2.24, 2.45) is 0 Å². The fourth-order valence-electron chi connectivity index (χ4n) is 2.43. The van der Waals surface area contributed by atoms with E-state index in [9.17, 15) is 9.90 Å². The molecule has 4 heteroatoms. The summed E-state index contributed by atoms with van der Waals surface area (Å²) in [5.74, 6) is 0.159.